The zero-order valence-corrected chi connectivity index (χ0v) is 11.2. The molecule has 1 aromatic heterocycles. The summed E-state index contributed by atoms with van der Waals surface area (Å²) >= 11 is 3.35. The molecule has 0 aliphatic carbocycles. The Morgan fingerprint density at radius 3 is 3.00 bits per heavy atom. The molecule has 0 atom stereocenters. The van der Waals surface area contributed by atoms with Crippen LogP contribution < -0.4 is 4.74 Å². The number of rotatable bonds is 5. The number of ether oxygens (including phenoxy) is 1. The number of nitrogens with zero attached hydrogens (tertiary/aromatic N) is 2. The molecule has 0 saturated carbocycles. The molecule has 1 aromatic carbocycles. The normalized spacial score (nSPS) is 10.8. The second kappa shape index (κ2) is 6.14. The molecule has 2 rings (SSSR count). The van der Waals surface area contributed by atoms with Crippen molar-refractivity contribution in [2.75, 3.05) is 0 Å². The van der Waals surface area contributed by atoms with E-state index < -0.39 is 5.97 Å². The van der Waals surface area contributed by atoms with E-state index in [0.717, 1.165) is 11.6 Å². The molecule has 0 aliphatic heterocycles. The third-order valence-corrected chi connectivity index (χ3v) is 2.76. The van der Waals surface area contributed by atoms with E-state index in [9.17, 15) is 4.79 Å². The van der Waals surface area contributed by atoms with E-state index in [0.29, 0.717) is 16.0 Å². The fraction of sp³-hybridized carbons (Fsp3) is 0.0833. The summed E-state index contributed by atoms with van der Waals surface area (Å²) in [5.41, 5.74) is 0.751. The quantitative estimate of drug-likeness (QED) is 0.850. The van der Waals surface area contributed by atoms with Gasteiger partial charge in [0.2, 0.25) is 12.2 Å². The van der Waals surface area contributed by atoms with Gasteiger partial charge in [-0.1, -0.05) is 11.2 Å². The first kappa shape index (κ1) is 13.3. The van der Waals surface area contributed by atoms with E-state index >= 15 is 0 Å². The van der Waals surface area contributed by atoms with Crippen molar-refractivity contribution in [1.82, 2.24) is 10.1 Å². The Kier molecular flexibility index (Phi) is 4.30. The molecule has 1 heterocycles. The predicted octanol–water partition coefficient (Wildman–Crippen LogP) is 2.51. The summed E-state index contributed by atoms with van der Waals surface area (Å²) in [5, 5.41) is 12.2. The Balaban J connectivity index is 2.04. The number of aliphatic carboxylic acids is 1. The number of aromatic nitrogens is 2. The maximum atomic E-state index is 10.4. The van der Waals surface area contributed by atoms with Gasteiger partial charge in [-0.25, -0.2) is 4.79 Å². The number of carboxylic acid groups (broad SMARTS) is 1. The van der Waals surface area contributed by atoms with Crippen molar-refractivity contribution in [2.45, 2.75) is 6.61 Å². The van der Waals surface area contributed by atoms with Crippen molar-refractivity contribution in [2.24, 2.45) is 0 Å². The fourth-order valence-corrected chi connectivity index (χ4v) is 1.81. The van der Waals surface area contributed by atoms with Crippen LogP contribution in [0.5, 0.6) is 5.75 Å². The summed E-state index contributed by atoms with van der Waals surface area (Å²) in [6.07, 6.45) is 3.80. The maximum absolute atomic E-state index is 10.4. The lowest BCUT2D eigenvalue weighted by Crippen LogP contribution is -1.98. The molecule has 0 bridgehead atoms. The summed E-state index contributed by atoms with van der Waals surface area (Å²) in [5.74, 6) is 0.0626. The van der Waals surface area contributed by atoms with Crippen LogP contribution in [0.3, 0.4) is 0 Å². The van der Waals surface area contributed by atoms with E-state index in [1.54, 1.807) is 18.2 Å². The van der Waals surface area contributed by atoms with Gasteiger partial charge < -0.3 is 14.4 Å². The molecule has 7 heteroatoms. The largest absolute Gasteiger partial charge is 0.484 e. The minimum Gasteiger partial charge on any atom is -0.484 e. The van der Waals surface area contributed by atoms with Crippen LogP contribution in [-0.4, -0.2) is 21.2 Å². The highest BCUT2D eigenvalue weighted by molar-refractivity contribution is 9.10. The number of benzene rings is 1. The first-order valence-electron chi connectivity index (χ1n) is 5.24. The Labute approximate surface area is 116 Å². The minimum atomic E-state index is -0.992. The Bertz CT molecular complexity index is 596. The molecule has 19 heavy (non-hydrogen) atoms. The van der Waals surface area contributed by atoms with Crippen LogP contribution in [0.15, 0.2) is 39.7 Å². The predicted molar refractivity (Wildman–Crippen MR) is 69.4 cm³/mol. The zero-order valence-electron chi connectivity index (χ0n) is 9.62. The lowest BCUT2D eigenvalue weighted by Gasteiger charge is -2.06. The molecule has 0 radical (unpaired) electrons. The SMILES string of the molecule is O=C(O)/C=C/c1ccc(OCc2ncon2)c(Br)c1. The monoisotopic (exact) mass is 324 g/mol. The van der Waals surface area contributed by atoms with Crippen molar-refractivity contribution in [3.63, 3.8) is 0 Å². The van der Waals surface area contributed by atoms with E-state index in [-0.39, 0.29) is 6.61 Å². The molecule has 0 fully saturated rings. The van der Waals surface area contributed by atoms with Crippen LogP contribution in [0.2, 0.25) is 0 Å². The molecule has 0 amide bonds. The molecule has 0 unspecified atom stereocenters. The van der Waals surface area contributed by atoms with Crippen molar-refractivity contribution in [3.05, 3.63) is 46.5 Å². The van der Waals surface area contributed by atoms with Gasteiger partial charge in [0.1, 0.15) is 5.75 Å². The van der Waals surface area contributed by atoms with Gasteiger partial charge in [-0.15, -0.1) is 0 Å². The highest BCUT2D eigenvalue weighted by Gasteiger charge is 2.04. The van der Waals surface area contributed by atoms with Gasteiger partial charge in [0, 0.05) is 6.08 Å². The van der Waals surface area contributed by atoms with Crippen LogP contribution in [-0.2, 0) is 11.4 Å². The zero-order chi connectivity index (χ0) is 13.7. The number of halogens is 1. The molecule has 1 N–H and O–H groups in total. The van der Waals surface area contributed by atoms with Gasteiger partial charge >= 0.3 is 5.97 Å². The lowest BCUT2D eigenvalue weighted by atomic mass is 10.2. The Morgan fingerprint density at radius 1 is 1.53 bits per heavy atom. The van der Waals surface area contributed by atoms with Crippen LogP contribution in [0.1, 0.15) is 11.4 Å². The Morgan fingerprint density at radius 2 is 2.37 bits per heavy atom. The molecule has 0 aliphatic rings. The molecule has 0 saturated heterocycles. The van der Waals surface area contributed by atoms with Crippen molar-refractivity contribution in [3.8, 4) is 5.75 Å². The highest BCUT2D eigenvalue weighted by atomic mass is 79.9. The number of carboxylic acids is 1. The average Bonchev–Trinajstić information content (AvgIpc) is 2.88. The number of hydrogen-bond donors (Lipinski definition) is 1. The highest BCUT2D eigenvalue weighted by Crippen LogP contribution is 2.27. The van der Waals surface area contributed by atoms with E-state index in [1.807, 2.05) is 0 Å². The van der Waals surface area contributed by atoms with E-state index in [1.165, 1.54) is 12.5 Å². The first-order chi connectivity index (χ1) is 9.15. The van der Waals surface area contributed by atoms with Crippen molar-refractivity contribution in [1.29, 1.82) is 0 Å². The maximum Gasteiger partial charge on any atom is 0.328 e. The van der Waals surface area contributed by atoms with Crippen LogP contribution >= 0.6 is 15.9 Å². The van der Waals surface area contributed by atoms with E-state index in [2.05, 4.69) is 30.6 Å². The summed E-state index contributed by atoms with van der Waals surface area (Å²) < 4.78 is 10.8. The second-order valence-corrected chi connectivity index (χ2v) is 4.35. The lowest BCUT2D eigenvalue weighted by molar-refractivity contribution is -0.131. The Hall–Kier alpha value is -2.15. The van der Waals surface area contributed by atoms with Gasteiger partial charge in [0.05, 0.1) is 4.47 Å². The molecule has 6 nitrogen and oxygen atoms in total. The smallest absolute Gasteiger partial charge is 0.328 e. The minimum absolute atomic E-state index is 0.194. The number of hydrogen-bond acceptors (Lipinski definition) is 5. The van der Waals surface area contributed by atoms with Crippen molar-refractivity contribution < 1.29 is 19.2 Å². The van der Waals surface area contributed by atoms with Crippen molar-refractivity contribution >= 4 is 28.0 Å². The average molecular weight is 325 g/mol. The molecular formula is C12H9BrN2O4. The summed E-state index contributed by atoms with van der Waals surface area (Å²) in [4.78, 5) is 14.2. The molecular weight excluding hydrogens is 316 g/mol. The second-order valence-electron chi connectivity index (χ2n) is 3.50. The van der Waals surface area contributed by atoms with Gasteiger partial charge in [0.15, 0.2) is 6.61 Å². The third-order valence-electron chi connectivity index (χ3n) is 2.14. The van der Waals surface area contributed by atoms with Crippen LogP contribution in [0.25, 0.3) is 6.08 Å². The number of carbonyl (C=O) groups is 1. The molecule has 0 spiro atoms. The molecule has 98 valence electrons. The first-order valence-corrected chi connectivity index (χ1v) is 6.03. The van der Waals surface area contributed by atoms with E-state index in [4.69, 9.17) is 9.84 Å². The van der Waals surface area contributed by atoms with Crippen LogP contribution in [0, 0.1) is 0 Å². The van der Waals surface area contributed by atoms with Gasteiger partial charge in [-0.3, -0.25) is 0 Å². The van der Waals surface area contributed by atoms with Gasteiger partial charge in [0.25, 0.3) is 0 Å². The van der Waals surface area contributed by atoms with Gasteiger partial charge in [-0.05, 0) is 39.7 Å². The van der Waals surface area contributed by atoms with Crippen LogP contribution in [0.4, 0.5) is 0 Å². The van der Waals surface area contributed by atoms with Gasteiger partial charge in [-0.2, -0.15) is 4.98 Å². The summed E-state index contributed by atoms with van der Waals surface area (Å²) in [6, 6.07) is 5.23. The third kappa shape index (κ3) is 3.92. The fourth-order valence-electron chi connectivity index (χ4n) is 1.30. The standard InChI is InChI=1S/C12H9BrN2O4/c13-9-5-8(2-4-12(16)17)1-3-10(9)18-6-11-14-7-19-15-11/h1-5,7H,6H2,(H,16,17)/b4-2+. The summed E-state index contributed by atoms with van der Waals surface area (Å²) in [7, 11) is 0. The molecule has 2 aromatic rings. The summed E-state index contributed by atoms with van der Waals surface area (Å²) in [6.45, 7) is 0.194. The topological polar surface area (TPSA) is 85.5 Å².